The molecule has 124 valence electrons. The fraction of sp³-hybridized carbons (Fsp3) is 0.111. The Balaban J connectivity index is 2.35. The molecule has 0 unspecified atom stereocenters. The van der Waals surface area contributed by atoms with Gasteiger partial charge in [-0.2, -0.15) is 0 Å². The van der Waals surface area contributed by atoms with Crippen molar-refractivity contribution in [2.75, 3.05) is 14.2 Å². The number of hydrogen-bond donors (Lipinski definition) is 2. The van der Waals surface area contributed by atoms with Gasteiger partial charge >= 0.3 is 5.97 Å². The standard InChI is InChI=1S/C18H17NO5/c1-23-14-8-9-16(24-2)13(10-14)11-15(18(21)22)19-17(20)12-6-4-3-5-7-12/h3-11H,1-2H3,(H,19,20)(H,21,22)/b15-11+. The van der Waals surface area contributed by atoms with Crippen LogP contribution in [-0.2, 0) is 4.79 Å². The number of carbonyl (C=O) groups is 2. The van der Waals surface area contributed by atoms with E-state index < -0.39 is 11.9 Å². The van der Waals surface area contributed by atoms with Crippen molar-refractivity contribution in [3.05, 3.63) is 65.4 Å². The van der Waals surface area contributed by atoms with E-state index in [2.05, 4.69) is 5.32 Å². The van der Waals surface area contributed by atoms with Crippen LogP contribution in [0.2, 0.25) is 0 Å². The minimum atomic E-state index is -1.26. The summed E-state index contributed by atoms with van der Waals surface area (Å²) in [5, 5.41) is 11.8. The van der Waals surface area contributed by atoms with E-state index in [1.165, 1.54) is 20.3 Å². The van der Waals surface area contributed by atoms with Crippen LogP contribution in [0.4, 0.5) is 0 Å². The number of hydrogen-bond acceptors (Lipinski definition) is 4. The fourth-order valence-electron chi connectivity index (χ4n) is 2.04. The highest BCUT2D eigenvalue weighted by atomic mass is 16.5. The lowest BCUT2D eigenvalue weighted by molar-refractivity contribution is -0.132. The van der Waals surface area contributed by atoms with Crippen molar-refractivity contribution < 1.29 is 24.2 Å². The number of methoxy groups -OCH3 is 2. The highest BCUT2D eigenvalue weighted by Gasteiger charge is 2.14. The van der Waals surface area contributed by atoms with Crippen LogP contribution >= 0.6 is 0 Å². The molecule has 0 fully saturated rings. The summed E-state index contributed by atoms with van der Waals surface area (Å²) in [5.41, 5.74) is 0.570. The monoisotopic (exact) mass is 327 g/mol. The number of carboxylic acids is 1. The van der Waals surface area contributed by atoms with E-state index in [4.69, 9.17) is 9.47 Å². The summed E-state index contributed by atoms with van der Waals surface area (Å²) in [6.07, 6.45) is 1.32. The van der Waals surface area contributed by atoms with Gasteiger partial charge in [0, 0.05) is 11.1 Å². The summed E-state index contributed by atoms with van der Waals surface area (Å²) < 4.78 is 10.3. The van der Waals surface area contributed by atoms with Crippen LogP contribution in [0.1, 0.15) is 15.9 Å². The minimum Gasteiger partial charge on any atom is -0.497 e. The van der Waals surface area contributed by atoms with Crippen molar-refractivity contribution in [2.45, 2.75) is 0 Å². The average molecular weight is 327 g/mol. The van der Waals surface area contributed by atoms with Crippen LogP contribution < -0.4 is 14.8 Å². The van der Waals surface area contributed by atoms with Crippen molar-refractivity contribution in [3.63, 3.8) is 0 Å². The summed E-state index contributed by atoms with van der Waals surface area (Å²) in [4.78, 5) is 23.6. The second kappa shape index (κ2) is 7.82. The first kappa shape index (κ1) is 17.1. The SMILES string of the molecule is COc1ccc(OC)c(/C=C(/NC(=O)c2ccccc2)C(=O)O)c1. The molecule has 0 bridgehead atoms. The van der Waals surface area contributed by atoms with Gasteiger partial charge < -0.3 is 19.9 Å². The lowest BCUT2D eigenvalue weighted by atomic mass is 10.1. The van der Waals surface area contributed by atoms with Gasteiger partial charge in [-0.1, -0.05) is 18.2 Å². The van der Waals surface area contributed by atoms with Crippen LogP contribution in [0.5, 0.6) is 11.5 Å². The van der Waals surface area contributed by atoms with E-state index in [-0.39, 0.29) is 5.70 Å². The molecule has 0 aliphatic carbocycles. The zero-order chi connectivity index (χ0) is 17.5. The third kappa shape index (κ3) is 4.13. The first-order chi connectivity index (χ1) is 11.5. The molecule has 0 saturated heterocycles. The number of rotatable bonds is 6. The Bertz CT molecular complexity index is 768. The summed E-state index contributed by atoms with van der Waals surface area (Å²) >= 11 is 0. The predicted molar refractivity (Wildman–Crippen MR) is 89.1 cm³/mol. The van der Waals surface area contributed by atoms with E-state index >= 15 is 0 Å². The predicted octanol–water partition coefficient (Wildman–Crippen LogP) is 2.56. The number of nitrogens with one attached hydrogen (secondary N) is 1. The summed E-state index contributed by atoms with van der Waals surface area (Å²) in [7, 11) is 2.98. The second-order valence-corrected chi connectivity index (χ2v) is 4.79. The van der Waals surface area contributed by atoms with Crippen LogP contribution in [0, 0.1) is 0 Å². The highest BCUT2D eigenvalue weighted by Crippen LogP contribution is 2.26. The topological polar surface area (TPSA) is 84.9 Å². The summed E-state index contributed by atoms with van der Waals surface area (Å²) in [5.74, 6) is -0.764. The van der Waals surface area contributed by atoms with Crippen molar-refractivity contribution in [1.82, 2.24) is 5.32 Å². The van der Waals surface area contributed by atoms with Crippen LogP contribution in [0.15, 0.2) is 54.2 Å². The molecule has 0 aliphatic heterocycles. The van der Waals surface area contributed by atoms with Gasteiger partial charge in [-0.25, -0.2) is 4.79 Å². The number of amides is 1. The zero-order valence-corrected chi connectivity index (χ0v) is 13.3. The number of aliphatic carboxylic acids is 1. The molecule has 0 saturated carbocycles. The first-order valence-electron chi connectivity index (χ1n) is 7.08. The molecule has 6 nitrogen and oxygen atoms in total. The largest absolute Gasteiger partial charge is 0.497 e. The van der Waals surface area contributed by atoms with E-state index in [0.29, 0.717) is 22.6 Å². The van der Waals surface area contributed by atoms with E-state index in [1.54, 1.807) is 48.5 Å². The van der Waals surface area contributed by atoms with Gasteiger partial charge in [0.25, 0.3) is 5.91 Å². The van der Waals surface area contributed by atoms with Crippen LogP contribution in [-0.4, -0.2) is 31.2 Å². The third-order valence-electron chi connectivity index (χ3n) is 3.25. The van der Waals surface area contributed by atoms with Crippen LogP contribution in [0.3, 0.4) is 0 Å². The van der Waals surface area contributed by atoms with E-state index in [1.807, 2.05) is 0 Å². The molecule has 6 heteroatoms. The molecular weight excluding hydrogens is 310 g/mol. The maximum Gasteiger partial charge on any atom is 0.352 e. The molecule has 0 aliphatic rings. The Morgan fingerprint density at radius 3 is 2.33 bits per heavy atom. The zero-order valence-electron chi connectivity index (χ0n) is 13.3. The number of ether oxygens (including phenoxy) is 2. The molecular formula is C18H17NO5. The molecule has 2 N–H and O–H groups in total. The van der Waals surface area contributed by atoms with Crippen molar-refractivity contribution in [3.8, 4) is 11.5 Å². The Kier molecular flexibility index (Phi) is 5.57. The molecule has 0 atom stereocenters. The molecule has 1 amide bonds. The minimum absolute atomic E-state index is 0.268. The van der Waals surface area contributed by atoms with Crippen LogP contribution in [0.25, 0.3) is 6.08 Å². The first-order valence-corrected chi connectivity index (χ1v) is 7.08. The summed E-state index contributed by atoms with van der Waals surface area (Å²) in [6, 6.07) is 13.3. The number of carbonyl (C=O) groups excluding carboxylic acids is 1. The maximum absolute atomic E-state index is 12.2. The summed E-state index contributed by atoms with van der Waals surface area (Å²) in [6.45, 7) is 0. The van der Waals surface area contributed by atoms with Crippen molar-refractivity contribution in [1.29, 1.82) is 0 Å². The van der Waals surface area contributed by atoms with Gasteiger partial charge in [0.1, 0.15) is 17.2 Å². The average Bonchev–Trinajstić information content (AvgIpc) is 2.61. The fourth-order valence-corrected chi connectivity index (χ4v) is 2.04. The Labute approximate surface area is 139 Å². The highest BCUT2D eigenvalue weighted by molar-refractivity contribution is 6.02. The van der Waals surface area contributed by atoms with E-state index in [0.717, 1.165) is 0 Å². The lowest BCUT2D eigenvalue weighted by Gasteiger charge is -2.10. The molecule has 0 aromatic heterocycles. The van der Waals surface area contributed by atoms with Crippen molar-refractivity contribution in [2.24, 2.45) is 0 Å². The number of benzene rings is 2. The van der Waals surface area contributed by atoms with Gasteiger partial charge in [0.15, 0.2) is 0 Å². The van der Waals surface area contributed by atoms with Gasteiger partial charge in [0.05, 0.1) is 14.2 Å². The molecule has 2 aromatic carbocycles. The molecule has 0 heterocycles. The Morgan fingerprint density at radius 1 is 1.04 bits per heavy atom. The van der Waals surface area contributed by atoms with Gasteiger partial charge in [0.2, 0.25) is 0 Å². The molecule has 0 spiro atoms. The smallest absolute Gasteiger partial charge is 0.352 e. The van der Waals surface area contributed by atoms with E-state index in [9.17, 15) is 14.7 Å². The lowest BCUT2D eigenvalue weighted by Crippen LogP contribution is -2.27. The molecule has 0 radical (unpaired) electrons. The third-order valence-corrected chi connectivity index (χ3v) is 3.25. The normalized spacial score (nSPS) is 10.8. The van der Waals surface area contributed by atoms with Gasteiger partial charge in [-0.15, -0.1) is 0 Å². The Hall–Kier alpha value is -3.28. The molecule has 2 rings (SSSR count). The van der Waals surface area contributed by atoms with Gasteiger partial charge in [-0.05, 0) is 36.4 Å². The van der Waals surface area contributed by atoms with Crippen molar-refractivity contribution >= 4 is 18.0 Å². The molecule has 24 heavy (non-hydrogen) atoms. The second-order valence-electron chi connectivity index (χ2n) is 4.79. The number of carboxylic acid groups (broad SMARTS) is 1. The maximum atomic E-state index is 12.2. The Morgan fingerprint density at radius 2 is 1.75 bits per heavy atom. The van der Waals surface area contributed by atoms with Gasteiger partial charge in [-0.3, -0.25) is 4.79 Å². The quantitative estimate of drug-likeness (QED) is 0.797. The molecule has 2 aromatic rings.